The Hall–Kier alpha value is -4.59. The molecule has 0 radical (unpaired) electrons. The van der Waals surface area contributed by atoms with Crippen LogP contribution in [0.2, 0.25) is 0 Å². The number of nitrogens with two attached hydrogens (primary N) is 1. The second-order valence-electron chi connectivity index (χ2n) is 9.44. The number of aryl methyl sites for hydroxylation is 1. The third-order valence-corrected chi connectivity index (χ3v) is 6.67. The number of aromatic nitrogens is 6. The van der Waals surface area contributed by atoms with E-state index >= 15 is 0 Å². The number of hydrogen-bond donors (Lipinski definition) is 3. The maximum Gasteiger partial charge on any atom is 0.368 e. The summed E-state index contributed by atoms with van der Waals surface area (Å²) >= 11 is 0. The monoisotopic (exact) mass is 547 g/mol. The number of halogens is 1. The van der Waals surface area contributed by atoms with Crippen LogP contribution in [0.5, 0.6) is 17.2 Å². The van der Waals surface area contributed by atoms with E-state index in [1.807, 2.05) is 16.8 Å². The highest BCUT2D eigenvalue weighted by Gasteiger charge is 2.32. The van der Waals surface area contributed by atoms with Crippen molar-refractivity contribution in [3.05, 3.63) is 72.8 Å². The first-order valence-electron chi connectivity index (χ1n) is 12.5. The number of hydrogen-bond acceptors (Lipinski definition) is 10. The zero-order valence-electron chi connectivity index (χ0n) is 21.4. The molecule has 4 heterocycles. The van der Waals surface area contributed by atoms with Gasteiger partial charge >= 0.3 is 5.97 Å². The molecule has 1 fully saturated rings. The zero-order valence-corrected chi connectivity index (χ0v) is 21.4. The summed E-state index contributed by atoms with van der Waals surface area (Å²) in [5, 5.41) is 26.3. The van der Waals surface area contributed by atoms with Crippen molar-refractivity contribution < 1.29 is 28.8 Å². The van der Waals surface area contributed by atoms with Gasteiger partial charge in [-0.1, -0.05) is 0 Å². The normalized spacial score (nSPS) is 14.5. The zero-order chi connectivity index (χ0) is 27.9. The number of benzene rings is 2. The molecule has 1 aliphatic rings. The van der Waals surface area contributed by atoms with Crippen molar-refractivity contribution in [2.45, 2.75) is 24.9 Å². The fourth-order valence-electron chi connectivity index (χ4n) is 4.74. The van der Waals surface area contributed by atoms with Gasteiger partial charge in [0.25, 0.3) is 0 Å². The van der Waals surface area contributed by atoms with Gasteiger partial charge in [-0.3, -0.25) is 0 Å². The molecule has 5 aromatic rings. The van der Waals surface area contributed by atoms with Gasteiger partial charge in [0.15, 0.2) is 5.65 Å². The molecule has 13 heteroatoms. The van der Waals surface area contributed by atoms with E-state index in [4.69, 9.17) is 25.0 Å². The second-order valence-corrected chi connectivity index (χ2v) is 9.44. The van der Waals surface area contributed by atoms with Gasteiger partial charge in [-0.25, -0.2) is 24.0 Å². The average Bonchev–Trinajstić information content (AvgIpc) is 3.54. The Morgan fingerprint density at radius 3 is 2.52 bits per heavy atom. The van der Waals surface area contributed by atoms with E-state index < -0.39 is 11.8 Å². The van der Waals surface area contributed by atoms with E-state index in [0.717, 1.165) is 30.5 Å². The number of fused-ring (bicyclic) bond motifs is 1. The molecule has 0 atom stereocenters. The molecular weight excluding hydrogens is 521 g/mol. The Balaban J connectivity index is 1.26. The van der Waals surface area contributed by atoms with Crippen molar-refractivity contribution in [3.63, 3.8) is 0 Å². The summed E-state index contributed by atoms with van der Waals surface area (Å²) < 4.78 is 34.2. The third kappa shape index (κ3) is 4.93. The Morgan fingerprint density at radius 2 is 1.80 bits per heavy atom. The lowest BCUT2D eigenvalue weighted by atomic mass is 10.1. The topological polar surface area (TPSA) is 156 Å². The SMILES string of the molecule is Cn1cncc1C(O)(O)Oc1cc(F)cc(Oc2ccc(-c3nn(C4CCOCC4)c4ncnc(N)c34)cc2)c1. The highest BCUT2D eigenvalue weighted by atomic mass is 19.1. The number of imidazole rings is 1. The molecule has 4 N–H and O–H groups in total. The number of nitrogens with zero attached hydrogens (tertiary/aromatic N) is 6. The van der Waals surface area contributed by atoms with E-state index in [2.05, 4.69) is 15.0 Å². The van der Waals surface area contributed by atoms with Gasteiger partial charge in [-0.15, -0.1) is 0 Å². The molecule has 2 aromatic carbocycles. The van der Waals surface area contributed by atoms with Crippen molar-refractivity contribution in [1.82, 2.24) is 29.3 Å². The first-order chi connectivity index (χ1) is 19.3. The smallest absolute Gasteiger partial charge is 0.368 e. The molecule has 0 unspecified atom stereocenters. The Morgan fingerprint density at radius 1 is 1.05 bits per heavy atom. The lowest BCUT2D eigenvalue weighted by molar-refractivity contribution is -0.307. The van der Waals surface area contributed by atoms with E-state index in [-0.39, 0.29) is 23.2 Å². The Kier molecular flexibility index (Phi) is 6.54. The molecule has 0 spiro atoms. The van der Waals surface area contributed by atoms with Crippen molar-refractivity contribution in [1.29, 1.82) is 0 Å². The third-order valence-electron chi connectivity index (χ3n) is 6.67. The van der Waals surface area contributed by atoms with E-state index in [1.165, 1.54) is 29.5 Å². The van der Waals surface area contributed by atoms with Crippen LogP contribution in [-0.2, 0) is 17.8 Å². The van der Waals surface area contributed by atoms with E-state index in [0.29, 0.717) is 41.5 Å². The largest absolute Gasteiger partial charge is 0.457 e. The summed E-state index contributed by atoms with van der Waals surface area (Å²) in [4.78, 5) is 12.5. The fraction of sp³-hybridized carbons (Fsp3) is 0.259. The van der Waals surface area contributed by atoms with Crippen LogP contribution in [0.3, 0.4) is 0 Å². The van der Waals surface area contributed by atoms with Crippen LogP contribution >= 0.6 is 0 Å². The predicted molar refractivity (Wildman–Crippen MR) is 141 cm³/mol. The molecule has 1 aliphatic heterocycles. The highest BCUT2D eigenvalue weighted by Crippen LogP contribution is 2.36. The minimum Gasteiger partial charge on any atom is -0.457 e. The summed E-state index contributed by atoms with van der Waals surface area (Å²) in [6, 6.07) is 10.7. The lowest BCUT2D eigenvalue weighted by Crippen LogP contribution is -2.34. The molecule has 3 aromatic heterocycles. The first-order valence-corrected chi connectivity index (χ1v) is 12.5. The maximum absolute atomic E-state index is 14.4. The van der Waals surface area contributed by atoms with Gasteiger partial charge in [0, 0.05) is 44.0 Å². The average molecular weight is 548 g/mol. The summed E-state index contributed by atoms with van der Waals surface area (Å²) in [6.45, 7) is 1.31. The molecule has 206 valence electrons. The number of ether oxygens (including phenoxy) is 3. The molecule has 0 aliphatic carbocycles. The van der Waals surface area contributed by atoms with Crippen molar-refractivity contribution >= 4 is 16.9 Å². The lowest BCUT2D eigenvalue weighted by Gasteiger charge is -2.23. The summed E-state index contributed by atoms with van der Waals surface area (Å²) in [6.07, 6.45) is 5.68. The van der Waals surface area contributed by atoms with Gasteiger partial charge in [0.05, 0.1) is 24.0 Å². The summed E-state index contributed by atoms with van der Waals surface area (Å²) in [5.74, 6) is -2.75. The van der Waals surface area contributed by atoms with E-state index in [9.17, 15) is 14.6 Å². The van der Waals surface area contributed by atoms with Crippen LogP contribution in [-0.4, -0.2) is 52.7 Å². The number of nitrogen functional groups attached to an aromatic ring is 1. The number of rotatable bonds is 7. The molecule has 0 bridgehead atoms. The number of aliphatic hydroxyl groups is 2. The molecular formula is C27H26FN7O5. The van der Waals surface area contributed by atoms with Crippen molar-refractivity contribution in [3.8, 4) is 28.5 Å². The second kappa shape index (κ2) is 10.2. The molecule has 1 saturated heterocycles. The van der Waals surface area contributed by atoms with E-state index in [1.54, 1.807) is 19.2 Å². The van der Waals surface area contributed by atoms with Gasteiger partial charge in [0.1, 0.15) is 46.6 Å². The minimum atomic E-state index is -2.74. The standard InChI is InChI=1S/C27H26FN7O5/c1-34-15-30-13-22(34)27(36,37)40-21-11-17(28)10-20(12-21)39-19-4-2-16(3-5-19)24-23-25(29)31-14-32-26(23)35(33-24)18-6-8-38-9-7-18/h2-5,10-15,18,36-37H,6-9H2,1H3,(H2,29,31,32). The molecule has 6 rings (SSSR count). The summed E-state index contributed by atoms with van der Waals surface area (Å²) in [7, 11) is 1.57. The molecule has 40 heavy (non-hydrogen) atoms. The van der Waals surface area contributed by atoms with Gasteiger partial charge in [-0.2, -0.15) is 5.10 Å². The van der Waals surface area contributed by atoms with Gasteiger partial charge < -0.3 is 34.7 Å². The van der Waals surface area contributed by atoms with Crippen LogP contribution in [0.15, 0.2) is 61.3 Å². The number of anilines is 1. The van der Waals surface area contributed by atoms with Gasteiger partial charge in [0.2, 0.25) is 0 Å². The molecule has 12 nitrogen and oxygen atoms in total. The Bertz CT molecular complexity index is 1660. The van der Waals surface area contributed by atoms with Crippen LogP contribution < -0.4 is 15.2 Å². The maximum atomic E-state index is 14.4. The van der Waals surface area contributed by atoms with Gasteiger partial charge in [-0.05, 0) is 37.1 Å². The van der Waals surface area contributed by atoms with Crippen LogP contribution in [0.4, 0.5) is 10.2 Å². The highest BCUT2D eigenvalue weighted by molar-refractivity contribution is 5.98. The van der Waals surface area contributed by atoms with Crippen molar-refractivity contribution in [2.24, 2.45) is 7.05 Å². The minimum absolute atomic E-state index is 0.0346. The summed E-state index contributed by atoms with van der Waals surface area (Å²) in [5.41, 5.74) is 8.28. The fourth-order valence-corrected chi connectivity index (χ4v) is 4.74. The predicted octanol–water partition coefficient (Wildman–Crippen LogP) is 3.27. The van der Waals surface area contributed by atoms with Crippen LogP contribution in [0, 0.1) is 5.82 Å². The Labute approximate surface area is 227 Å². The van der Waals surface area contributed by atoms with Crippen molar-refractivity contribution in [2.75, 3.05) is 18.9 Å². The molecule has 0 amide bonds. The molecule has 0 saturated carbocycles. The van der Waals surface area contributed by atoms with Crippen LogP contribution in [0.25, 0.3) is 22.3 Å². The quantitative estimate of drug-likeness (QED) is 0.259. The first kappa shape index (κ1) is 25.7. The van der Waals surface area contributed by atoms with Crippen LogP contribution in [0.1, 0.15) is 24.6 Å².